The highest BCUT2D eigenvalue weighted by Crippen LogP contribution is 2.29. The molecule has 3 rings (SSSR count). The molecule has 2 heterocycles. The van der Waals surface area contributed by atoms with Crippen LogP contribution in [0.3, 0.4) is 0 Å². The van der Waals surface area contributed by atoms with Gasteiger partial charge in [-0.1, -0.05) is 11.6 Å². The van der Waals surface area contributed by atoms with E-state index >= 15 is 0 Å². The van der Waals surface area contributed by atoms with Crippen molar-refractivity contribution in [2.24, 2.45) is 0 Å². The van der Waals surface area contributed by atoms with Crippen molar-refractivity contribution in [1.29, 1.82) is 0 Å². The summed E-state index contributed by atoms with van der Waals surface area (Å²) in [5.74, 6) is 1.65. The zero-order valence-electron chi connectivity index (χ0n) is 14.5. The molecule has 26 heavy (non-hydrogen) atoms. The van der Waals surface area contributed by atoms with E-state index in [1.54, 1.807) is 37.6 Å². The van der Waals surface area contributed by atoms with Gasteiger partial charge in [0.1, 0.15) is 0 Å². The van der Waals surface area contributed by atoms with Gasteiger partial charge in [0.25, 0.3) is 0 Å². The van der Waals surface area contributed by atoms with Crippen LogP contribution in [0, 0.1) is 6.92 Å². The smallest absolute Gasteiger partial charge is 0.223 e. The number of aromatic amines is 1. The number of hydrogen-bond acceptors (Lipinski definition) is 6. The number of hydrogen-bond donors (Lipinski definition) is 3. The van der Waals surface area contributed by atoms with Crippen molar-refractivity contribution in [3.63, 3.8) is 0 Å². The fraction of sp³-hybridized carbons (Fsp3) is 0.176. The first kappa shape index (κ1) is 17.7. The third kappa shape index (κ3) is 4.09. The topological polar surface area (TPSA) is 98.8 Å². The Morgan fingerprint density at radius 3 is 2.54 bits per heavy atom. The number of aryl methyl sites for hydroxylation is 1. The zero-order chi connectivity index (χ0) is 18.7. The summed E-state index contributed by atoms with van der Waals surface area (Å²) >= 11 is 6.19. The molecule has 0 saturated carbocycles. The van der Waals surface area contributed by atoms with Gasteiger partial charge in [-0.15, -0.1) is 0 Å². The van der Waals surface area contributed by atoms with E-state index < -0.39 is 0 Å². The zero-order valence-corrected chi connectivity index (χ0v) is 15.3. The lowest BCUT2D eigenvalue weighted by atomic mass is 10.2. The van der Waals surface area contributed by atoms with Gasteiger partial charge in [-0.2, -0.15) is 5.10 Å². The number of nitrogens with zero attached hydrogens (tertiary/aromatic N) is 4. The maximum atomic E-state index is 11.6. The Morgan fingerprint density at radius 1 is 1.15 bits per heavy atom. The largest absolute Gasteiger partial charge is 0.339 e. The summed E-state index contributed by atoms with van der Waals surface area (Å²) in [6.45, 7) is 3.39. The lowest BCUT2D eigenvalue weighted by Gasteiger charge is -2.18. The molecule has 3 N–H and O–H groups in total. The number of anilines is 5. The predicted molar refractivity (Wildman–Crippen MR) is 102 cm³/mol. The van der Waals surface area contributed by atoms with Gasteiger partial charge in [-0.3, -0.25) is 14.9 Å². The minimum Gasteiger partial charge on any atom is -0.339 e. The number of H-pyrrole nitrogens is 1. The third-order valence-corrected chi connectivity index (χ3v) is 3.97. The monoisotopic (exact) mass is 371 g/mol. The maximum absolute atomic E-state index is 11.6. The Kier molecular flexibility index (Phi) is 5.04. The number of carbonyl (C=O) groups excluding carboxylic acids is 1. The number of carbonyl (C=O) groups is 1. The van der Waals surface area contributed by atoms with E-state index in [1.807, 2.05) is 13.0 Å². The second kappa shape index (κ2) is 7.40. The van der Waals surface area contributed by atoms with Crippen LogP contribution in [0.15, 0.2) is 36.7 Å². The Balaban J connectivity index is 1.80. The molecule has 8 nitrogen and oxygen atoms in total. The molecular weight excluding hydrogens is 354 g/mol. The van der Waals surface area contributed by atoms with Crippen molar-refractivity contribution in [1.82, 2.24) is 20.2 Å². The molecule has 0 spiro atoms. The molecule has 0 aliphatic carbocycles. The molecule has 0 bridgehead atoms. The quantitative estimate of drug-likeness (QED) is 0.633. The Hall–Kier alpha value is -3.13. The van der Waals surface area contributed by atoms with Crippen LogP contribution in [-0.2, 0) is 4.79 Å². The number of halogens is 1. The molecule has 0 aliphatic rings. The van der Waals surface area contributed by atoms with Gasteiger partial charge in [0.15, 0.2) is 17.5 Å². The molecule has 2 aromatic heterocycles. The molecule has 0 saturated heterocycles. The first-order chi connectivity index (χ1) is 12.4. The van der Waals surface area contributed by atoms with E-state index in [1.165, 1.54) is 11.8 Å². The van der Waals surface area contributed by atoms with E-state index in [0.29, 0.717) is 28.2 Å². The average molecular weight is 372 g/mol. The SMILES string of the molecule is CC(=O)N(C)c1cc(Nc2cncc(Nc3cc(C)[nH]n3)n2)ccc1Cl. The van der Waals surface area contributed by atoms with E-state index in [9.17, 15) is 4.79 Å². The van der Waals surface area contributed by atoms with Crippen LogP contribution in [0.25, 0.3) is 0 Å². The van der Waals surface area contributed by atoms with E-state index in [2.05, 4.69) is 30.8 Å². The number of aromatic nitrogens is 4. The van der Waals surface area contributed by atoms with Crippen molar-refractivity contribution < 1.29 is 4.79 Å². The van der Waals surface area contributed by atoms with Gasteiger partial charge in [0, 0.05) is 31.4 Å². The van der Waals surface area contributed by atoms with E-state index in [4.69, 9.17) is 11.6 Å². The van der Waals surface area contributed by atoms with Crippen molar-refractivity contribution >= 4 is 46.3 Å². The molecule has 1 amide bonds. The Morgan fingerprint density at radius 2 is 1.88 bits per heavy atom. The number of benzene rings is 1. The highest BCUT2D eigenvalue weighted by Gasteiger charge is 2.11. The maximum Gasteiger partial charge on any atom is 0.223 e. The summed E-state index contributed by atoms with van der Waals surface area (Å²) in [6.07, 6.45) is 3.20. The summed E-state index contributed by atoms with van der Waals surface area (Å²) in [4.78, 5) is 21.7. The van der Waals surface area contributed by atoms with Crippen LogP contribution in [0.2, 0.25) is 5.02 Å². The second-order valence-corrected chi connectivity index (χ2v) is 6.13. The molecule has 0 atom stereocenters. The fourth-order valence-electron chi connectivity index (χ4n) is 2.26. The molecule has 0 radical (unpaired) electrons. The van der Waals surface area contributed by atoms with Crippen molar-refractivity contribution in [3.05, 3.63) is 47.4 Å². The number of amides is 1. The normalized spacial score (nSPS) is 10.5. The summed E-state index contributed by atoms with van der Waals surface area (Å²) in [6, 6.07) is 7.17. The summed E-state index contributed by atoms with van der Waals surface area (Å²) in [7, 11) is 1.67. The molecule has 134 valence electrons. The molecular formula is C17H18ClN7O. The van der Waals surface area contributed by atoms with Crippen molar-refractivity contribution in [3.8, 4) is 0 Å². The highest BCUT2D eigenvalue weighted by molar-refractivity contribution is 6.33. The molecule has 0 unspecified atom stereocenters. The van der Waals surface area contributed by atoms with Crippen LogP contribution in [-0.4, -0.2) is 33.1 Å². The molecule has 0 fully saturated rings. The minimum atomic E-state index is -0.107. The first-order valence-corrected chi connectivity index (χ1v) is 8.22. The minimum absolute atomic E-state index is 0.107. The van der Waals surface area contributed by atoms with Gasteiger partial charge >= 0.3 is 0 Å². The average Bonchev–Trinajstić information content (AvgIpc) is 3.01. The Labute approximate surface area is 155 Å². The first-order valence-electron chi connectivity index (χ1n) is 7.84. The van der Waals surface area contributed by atoms with Crippen LogP contribution >= 0.6 is 11.6 Å². The highest BCUT2D eigenvalue weighted by atomic mass is 35.5. The molecule has 9 heteroatoms. The van der Waals surface area contributed by atoms with Gasteiger partial charge < -0.3 is 15.5 Å². The second-order valence-electron chi connectivity index (χ2n) is 5.72. The third-order valence-electron chi connectivity index (χ3n) is 3.65. The van der Waals surface area contributed by atoms with Gasteiger partial charge in [-0.05, 0) is 25.1 Å². The van der Waals surface area contributed by atoms with Crippen LogP contribution < -0.4 is 15.5 Å². The van der Waals surface area contributed by atoms with Crippen LogP contribution in [0.5, 0.6) is 0 Å². The van der Waals surface area contributed by atoms with Gasteiger partial charge in [0.2, 0.25) is 5.91 Å². The molecule has 1 aromatic carbocycles. The van der Waals surface area contributed by atoms with Crippen molar-refractivity contribution in [2.75, 3.05) is 22.6 Å². The number of nitrogens with one attached hydrogen (secondary N) is 3. The lowest BCUT2D eigenvalue weighted by molar-refractivity contribution is -0.116. The standard InChI is InChI=1S/C17H18ClN7O/c1-10-6-15(24-23-10)21-17-9-19-8-16(22-17)20-12-4-5-13(18)14(7-12)25(3)11(2)26/h4-9H,1-3H3,(H3,20,21,22,23,24). The lowest BCUT2D eigenvalue weighted by Crippen LogP contribution is -2.23. The van der Waals surface area contributed by atoms with Gasteiger partial charge in [0.05, 0.1) is 23.1 Å². The molecule has 3 aromatic rings. The summed E-state index contributed by atoms with van der Waals surface area (Å²) in [5, 5.41) is 13.7. The van der Waals surface area contributed by atoms with Crippen LogP contribution in [0.4, 0.5) is 28.8 Å². The fourth-order valence-corrected chi connectivity index (χ4v) is 2.51. The van der Waals surface area contributed by atoms with E-state index in [0.717, 1.165) is 11.4 Å². The molecule has 0 aliphatic heterocycles. The van der Waals surface area contributed by atoms with Gasteiger partial charge in [-0.25, -0.2) is 4.98 Å². The number of rotatable bonds is 5. The van der Waals surface area contributed by atoms with Crippen LogP contribution in [0.1, 0.15) is 12.6 Å². The summed E-state index contributed by atoms with van der Waals surface area (Å²) in [5.41, 5.74) is 2.29. The summed E-state index contributed by atoms with van der Waals surface area (Å²) < 4.78 is 0. The van der Waals surface area contributed by atoms with Crippen molar-refractivity contribution in [2.45, 2.75) is 13.8 Å². The Bertz CT molecular complexity index is 940. The van der Waals surface area contributed by atoms with E-state index in [-0.39, 0.29) is 5.91 Å². The predicted octanol–water partition coefficient (Wildman–Crippen LogP) is 3.63.